The number of para-hydroxylation sites is 1. The van der Waals surface area contributed by atoms with E-state index in [0.29, 0.717) is 0 Å². The molecule has 0 bridgehead atoms. The normalized spacial score (nSPS) is 19.6. The zero-order valence-corrected chi connectivity index (χ0v) is 15.2. The molecule has 3 rings (SSSR count). The van der Waals surface area contributed by atoms with Gasteiger partial charge in [0.1, 0.15) is 11.4 Å². The molecule has 1 aliphatic heterocycles. The molecule has 1 saturated heterocycles. The van der Waals surface area contributed by atoms with Crippen LogP contribution in [0, 0.1) is 0 Å². The largest absolute Gasteiger partial charge is 0.525 e. The van der Waals surface area contributed by atoms with Crippen LogP contribution >= 0.6 is 0 Å². The SMILES string of the molecule is CC1(C)OB(C(F)=Cc2cn(-c3ccccc3C(F)(F)F)nn2)OC1(C)C. The standard InChI is InChI=1S/C17H18BF4N3O2/c1-15(2)16(3,4)27-18(26-15)14(19)9-11-10-25(24-23-11)13-8-6-5-7-12(13)17(20,21)22/h5-10H,1-4H3. The van der Waals surface area contributed by atoms with Crippen molar-refractivity contribution < 1.29 is 26.9 Å². The molecule has 0 aliphatic carbocycles. The Hall–Kier alpha value is -2.20. The van der Waals surface area contributed by atoms with Crippen LogP contribution in [-0.2, 0) is 15.5 Å². The number of halogens is 4. The Balaban J connectivity index is 1.87. The highest BCUT2D eigenvalue weighted by atomic mass is 19.4. The van der Waals surface area contributed by atoms with E-state index in [2.05, 4.69) is 10.3 Å². The predicted octanol–water partition coefficient (Wildman–Crippen LogP) is 4.23. The second-order valence-electron chi connectivity index (χ2n) is 7.22. The molecule has 0 amide bonds. The summed E-state index contributed by atoms with van der Waals surface area (Å²) in [7, 11) is -1.22. The van der Waals surface area contributed by atoms with Crippen molar-refractivity contribution in [1.29, 1.82) is 0 Å². The van der Waals surface area contributed by atoms with Gasteiger partial charge in [0.15, 0.2) is 0 Å². The molecule has 2 heterocycles. The molecule has 5 nitrogen and oxygen atoms in total. The number of nitrogens with zero attached hydrogens (tertiary/aromatic N) is 3. The van der Waals surface area contributed by atoms with Crippen LogP contribution in [0.3, 0.4) is 0 Å². The van der Waals surface area contributed by atoms with Gasteiger partial charge in [0, 0.05) is 0 Å². The Labute approximate surface area is 154 Å². The molecule has 144 valence electrons. The van der Waals surface area contributed by atoms with Crippen LogP contribution in [0.15, 0.2) is 36.2 Å². The van der Waals surface area contributed by atoms with Crippen molar-refractivity contribution in [2.45, 2.75) is 45.1 Å². The Morgan fingerprint density at radius 1 is 1.11 bits per heavy atom. The molecule has 0 N–H and O–H groups in total. The van der Waals surface area contributed by atoms with Crippen LogP contribution in [0.1, 0.15) is 39.0 Å². The molecule has 27 heavy (non-hydrogen) atoms. The molecule has 1 aliphatic rings. The third-order valence-corrected chi connectivity index (χ3v) is 4.73. The second kappa shape index (κ2) is 6.45. The molecule has 0 spiro atoms. The number of aromatic nitrogens is 3. The Morgan fingerprint density at radius 2 is 1.70 bits per heavy atom. The van der Waals surface area contributed by atoms with Gasteiger partial charge in [-0.15, -0.1) is 5.10 Å². The lowest BCUT2D eigenvalue weighted by Crippen LogP contribution is -2.41. The third kappa shape index (κ3) is 3.77. The van der Waals surface area contributed by atoms with E-state index in [1.165, 1.54) is 24.4 Å². The van der Waals surface area contributed by atoms with Crippen molar-refractivity contribution >= 4 is 13.2 Å². The van der Waals surface area contributed by atoms with Crippen molar-refractivity contribution in [2.24, 2.45) is 0 Å². The van der Waals surface area contributed by atoms with Crippen LogP contribution in [0.2, 0.25) is 0 Å². The zero-order valence-electron chi connectivity index (χ0n) is 15.2. The van der Waals surface area contributed by atoms with E-state index in [-0.39, 0.29) is 11.4 Å². The quantitative estimate of drug-likeness (QED) is 0.588. The summed E-state index contributed by atoms with van der Waals surface area (Å²) in [6.45, 7) is 7.13. The Morgan fingerprint density at radius 3 is 2.30 bits per heavy atom. The van der Waals surface area contributed by atoms with E-state index in [1.54, 1.807) is 27.7 Å². The third-order valence-electron chi connectivity index (χ3n) is 4.73. The smallest absolute Gasteiger partial charge is 0.398 e. The van der Waals surface area contributed by atoms with Gasteiger partial charge in [-0.2, -0.15) is 13.2 Å². The summed E-state index contributed by atoms with van der Waals surface area (Å²) in [6, 6.07) is 4.93. The first-order valence-corrected chi connectivity index (χ1v) is 8.22. The number of benzene rings is 1. The zero-order chi connectivity index (χ0) is 20.0. The van der Waals surface area contributed by atoms with Gasteiger partial charge in [0.05, 0.1) is 28.6 Å². The number of hydrogen-bond acceptors (Lipinski definition) is 4. The van der Waals surface area contributed by atoms with Crippen LogP contribution in [-0.4, -0.2) is 33.3 Å². The maximum absolute atomic E-state index is 14.5. The molecule has 0 atom stereocenters. The summed E-state index contributed by atoms with van der Waals surface area (Å²) >= 11 is 0. The minimum absolute atomic E-state index is 0.0409. The molecule has 10 heteroatoms. The molecule has 1 aromatic heterocycles. The Kier molecular flexibility index (Phi) is 4.67. The fourth-order valence-electron chi connectivity index (χ4n) is 2.54. The van der Waals surface area contributed by atoms with Gasteiger partial charge in [-0.1, -0.05) is 17.3 Å². The van der Waals surface area contributed by atoms with Gasteiger partial charge in [-0.3, -0.25) is 0 Å². The average molecular weight is 383 g/mol. The van der Waals surface area contributed by atoms with Crippen molar-refractivity contribution in [3.05, 3.63) is 47.4 Å². The number of hydrogen-bond donors (Lipinski definition) is 0. The van der Waals surface area contributed by atoms with E-state index >= 15 is 0 Å². The molecule has 2 aromatic rings. The summed E-state index contributed by atoms with van der Waals surface area (Å²) in [6.07, 6.45) is -2.32. The summed E-state index contributed by atoms with van der Waals surface area (Å²) in [4.78, 5) is 0. The molecule has 0 saturated carbocycles. The van der Waals surface area contributed by atoms with E-state index < -0.39 is 35.8 Å². The molecule has 1 fully saturated rings. The number of rotatable bonds is 3. The van der Waals surface area contributed by atoms with E-state index in [4.69, 9.17) is 9.31 Å². The molecule has 0 unspecified atom stereocenters. The highest BCUT2D eigenvalue weighted by Crippen LogP contribution is 2.39. The highest BCUT2D eigenvalue weighted by molar-refractivity contribution is 6.54. The first-order chi connectivity index (χ1) is 12.4. The van der Waals surface area contributed by atoms with Gasteiger partial charge in [0.25, 0.3) is 0 Å². The van der Waals surface area contributed by atoms with Crippen molar-refractivity contribution in [3.8, 4) is 5.69 Å². The lowest BCUT2D eigenvalue weighted by molar-refractivity contribution is -0.137. The summed E-state index contributed by atoms with van der Waals surface area (Å²) < 4.78 is 66.0. The van der Waals surface area contributed by atoms with Gasteiger partial charge in [0.2, 0.25) is 0 Å². The van der Waals surface area contributed by atoms with E-state index in [9.17, 15) is 17.6 Å². The fourth-order valence-corrected chi connectivity index (χ4v) is 2.54. The predicted molar refractivity (Wildman–Crippen MR) is 91.5 cm³/mol. The summed E-state index contributed by atoms with van der Waals surface area (Å²) in [5.74, 6) is 0. The first-order valence-electron chi connectivity index (χ1n) is 8.22. The van der Waals surface area contributed by atoms with Crippen LogP contribution in [0.25, 0.3) is 11.8 Å². The summed E-state index contributed by atoms with van der Waals surface area (Å²) in [5, 5.41) is 7.39. The maximum atomic E-state index is 14.5. The van der Waals surface area contributed by atoms with Crippen LogP contribution in [0.5, 0.6) is 0 Å². The van der Waals surface area contributed by atoms with Crippen molar-refractivity contribution in [3.63, 3.8) is 0 Å². The highest BCUT2D eigenvalue weighted by Gasteiger charge is 2.53. The maximum Gasteiger partial charge on any atom is 0.525 e. The van der Waals surface area contributed by atoms with E-state index in [0.717, 1.165) is 16.8 Å². The van der Waals surface area contributed by atoms with Gasteiger partial charge in [-0.25, -0.2) is 9.07 Å². The van der Waals surface area contributed by atoms with Crippen LogP contribution < -0.4 is 0 Å². The molecule has 1 aromatic carbocycles. The molecule has 0 radical (unpaired) electrons. The molecular formula is C17H18BF4N3O2. The first kappa shape index (κ1) is 19.6. The van der Waals surface area contributed by atoms with Crippen LogP contribution in [0.4, 0.5) is 17.6 Å². The van der Waals surface area contributed by atoms with Gasteiger partial charge in [-0.05, 0) is 45.9 Å². The minimum atomic E-state index is -4.55. The lowest BCUT2D eigenvalue weighted by Gasteiger charge is -2.32. The minimum Gasteiger partial charge on any atom is -0.398 e. The lowest BCUT2D eigenvalue weighted by atomic mass is 9.87. The second-order valence-corrected chi connectivity index (χ2v) is 7.22. The monoisotopic (exact) mass is 383 g/mol. The topological polar surface area (TPSA) is 49.2 Å². The van der Waals surface area contributed by atoms with E-state index in [1.807, 2.05) is 0 Å². The van der Waals surface area contributed by atoms with Crippen molar-refractivity contribution in [2.75, 3.05) is 0 Å². The average Bonchev–Trinajstić information content (AvgIpc) is 3.09. The Bertz CT molecular complexity index is 861. The van der Waals surface area contributed by atoms with Gasteiger partial charge < -0.3 is 9.31 Å². The summed E-state index contributed by atoms with van der Waals surface area (Å²) in [5.41, 5.74) is -3.20. The number of alkyl halides is 3. The van der Waals surface area contributed by atoms with Gasteiger partial charge >= 0.3 is 13.3 Å². The molecular weight excluding hydrogens is 365 g/mol. The van der Waals surface area contributed by atoms with Crippen molar-refractivity contribution in [1.82, 2.24) is 15.0 Å². The fraction of sp³-hybridized carbons (Fsp3) is 0.412.